The Kier molecular flexibility index (Phi) is 4.77. The van der Waals surface area contributed by atoms with E-state index in [1.807, 2.05) is 72.8 Å². The van der Waals surface area contributed by atoms with E-state index < -0.39 is 11.4 Å². The number of methoxy groups -OCH3 is 2. The van der Waals surface area contributed by atoms with Gasteiger partial charge in [-0.25, -0.2) is 4.79 Å². The van der Waals surface area contributed by atoms with Crippen molar-refractivity contribution in [2.75, 3.05) is 14.2 Å². The summed E-state index contributed by atoms with van der Waals surface area (Å²) < 4.78 is 10.0. The highest BCUT2D eigenvalue weighted by Crippen LogP contribution is 2.65. The molecular weight excluding hydrogens is 364 g/mol. The standard InChI is InChI=1S/C25H20O4/c1-28-23(26)19-15-13-18(14-16-19)22-21(17-9-5-3-6-10-17)25(22,24(27)29-2)20-11-7-4-8-12-20/h3-16H,1-2H3/t25-/m0/s1. The van der Waals surface area contributed by atoms with Gasteiger partial charge in [-0.2, -0.15) is 0 Å². The molecule has 1 aliphatic rings. The van der Waals surface area contributed by atoms with Crippen molar-refractivity contribution in [2.45, 2.75) is 5.41 Å². The van der Waals surface area contributed by atoms with Crippen LogP contribution in [0.3, 0.4) is 0 Å². The zero-order valence-electron chi connectivity index (χ0n) is 16.2. The largest absolute Gasteiger partial charge is 0.468 e. The lowest BCUT2D eigenvalue weighted by atomic mass is 9.85. The van der Waals surface area contributed by atoms with Crippen LogP contribution in [0.5, 0.6) is 0 Å². The maximum atomic E-state index is 13.1. The van der Waals surface area contributed by atoms with Crippen LogP contribution in [0, 0.1) is 0 Å². The molecule has 144 valence electrons. The molecule has 4 rings (SSSR count). The molecule has 0 unspecified atom stereocenters. The fourth-order valence-corrected chi connectivity index (χ4v) is 3.95. The van der Waals surface area contributed by atoms with E-state index in [0.29, 0.717) is 5.56 Å². The van der Waals surface area contributed by atoms with Crippen molar-refractivity contribution in [3.63, 3.8) is 0 Å². The van der Waals surface area contributed by atoms with Gasteiger partial charge in [0.25, 0.3) is 0 Å². The predicted octanol–water partition coefficient (Wildman–Crippen LogP) is 4.51. The molecule has 29 heavy (non-hydrogen) atoms. The quantitative estimate of drug-likeness (QED) is 0.608. The number of benzene rings is 3. The van der Waals surface area contributed by atoms with Crippen LogP contribution in [0.15, 0.2) is 84.9 Å². The molecule has 0 saturated heterocycles. The summed E-state index contributed by atoms with van der Waals surface area (Å²) in [6.07, 6.45) is 0. The Morgan fingerprint density at radius 3 is 1.69 bits per heavy atom. The number of rotatable bonds is 5. The minimum absolute atomic E-state index is 0.324. The Labute approximate surface area is 169 Å². The molecule has 0 N–H and O–H groups in total. The molecule has 4 heteroatoms. The first-order valence-corrected chi connectivity index (χ1v) is 9.28. The molecule has 0 radical (unpaired) electrons. The Hall–Kier alpha value is -3.66. The van der Waals surface area contributed by atoms with E-state index in [0.717, 1.165) is 27.8 Å². The third kappa shape index (κ3) is 2.93. The van der Waals surface area contributed by atoms with E-state index in [9.17, 15) is 9.59 Å². The van der Waals surface area contributed by atoms with Gasteiger partial charge in [0, 0.05) is 0 Å². The molecule has 1 atom stereocenters. The molecule has 0 heterocycles. The average Bonchev–Trinajstić information content (AvgIpc) is 3.50. The van der Waals surface area contributed by atoms with Crippen LogP contribution in [0.2, 0.25) is 0 Å². The Balaban J connectivity index is 1.90. The Bertz CT molecular complexity index is 1080. The summed E-state index contributed by atoms with van der Waals surface area (Å²) in [5.41, 5.74) is 3.99. The second kappa shape index (κ2) is 7.40. The Morgan fingerprint density at radius 2 is 1.17 bits per heavy atom. The molecule has 0 fully saturated rings. The van der Waals surface area contributed by atoms with E-state index in [2.05, 4.69) is 0 Å². The second-order valence-corrected chi connectivity index (χ2v) is 6.79. The number of carbonyl (C=O) groups is 2. The maximum absolute atomic E-state index is 13.1. The van der Waals surface area contributed by atoms with Crippen molar-refractivity contribution in [2.24, 2.45) is 0 Å². The monoisotopic (exact) mass is 384 g/mol. The third-order valence-electron chi connectivity index (χ3n) is 5.29. The SMILES string of the molecule is COC(=O)c1ccc(C2=C(c3ccccc3)[C@@]2(C(=O)OC)c2ccccc2)cc1. The average molecular weight is 384 g/mol. The number of esters is 2. The first kappa shape index (κ1) is 18.7. The maximum Gasteiger partial charge on any atom is 0.337 e. The predicted molar refractivity (Wildman–Crippen MR) is 111 cm³/mol. The van der Waals surface area contributed by atoms with Gasteiger partial charge in [-0.3, -0.25) is 4.79 Å². The van der Waals surface area contributed by atoms with Gasteiger partial charge < -0.3 is 9.47 Å². The number of hydrogen-bond donors (Lipinski definition) is 0. The van der Waals surface area contributed by atoms with E-state index in [-0.39, 0.29) is 5.97 Å². The van der Waals surface area contributed by atoms with Crippen molar-refractivity contribution in [1.82, 2.24) is 0 Å². The van der Waals surface area contributed by atoms with Crippen LogP contribution in [-0.2, 0) is 19.7 Å². The van der Waals surface area contributed by atoms with Gasteiger partial charge in [0.2, 0.25) is 0 Å². The van der Waals surface area contributed by atoms with Crippen LogP contribution < -0.4 is 0 Å². The highest BCUT2D eigenvalue weighted by atomic mass is 16.5. The van der Waals surface area contributed by atoms with Gasteiger partial charge >= 0.3 is 11.9 Å². The fourth-order valence-electron chi connectivity index (χ4n) is 3.95. The van der Waals surface area contributed by atoms with Crippen LogP contribution >= 0.6 is 0 Å². The lowest BCUT2D eigenvalue weighted by Crippen LogP contribution is -2.27. The second-order valence-electron chi connectivity index (χ2n) is 6.79. The zero-order valence-corrected chi connectivity index (χ0v) is 16.2. The molecular formula is C25H20O4. The molecule has 0 bridgehead atoms. The lowest BCUT2D eigenvalue weighted by Gasteiger charge is -2.19. The summed E-state index contributed by atoms with van der Waals surface area (Å²) in [6, 6.07) is 26.6. The number of ether oxygens (including phenoxy) is 2. The fraction of sp³-hybridized carbons (Fsp3) is 0.120. The molecule has 3 aromatic carbocycles. The van der Waals surface area contributed by atoms with Gasteiger partial charge in [-0.1, -0.05) is 72.8 Å². The summed E-state index contributed by atoms with van der Waals surface area (Å²) in [5, 5.41) is 0. The zero-order chi connectivity index (χ0) is 20.4. The van der Waals surface area contributed by atoms with Crippen LogP contribution in [0.4, 0.5) is 0 Å². The molecule has 1 aliphatic carbocycles. The molecule has 0 spiro atoms. The van der Waals surface area contributed by atoms with Gasteiger partial charge in [-0.05, 0) is 40.0 Å². The summed E-state index contributed by atoms with van der Waals surface area (Å²) in [7, 11) is 2.76. The molecule has 0 aromatic heterocycles. The van der Waals surface area contributed by atoms with E-state index in [1.165, 1.54) is 14.2 Å². The normalized spacial score (nSPS) is 17.6. The summed E-state index contributed by atoms with van der Waals surface area (Å²) in [5.74, 6) is -0.721. The molecule has 0 aliphatic heterocycles. The summed E-state index contributed by atoms with van der Waals surface area (Å²) in [4.78, 5) is 24.9. The van der Waals surface area contributed by atoms with Crippen molar-refractivity contribution < 1.29 is 19.1 Å². The summed E-state index contributed by atoms with van der Waals surface area (Å²) in [6.45, 7) is 0. The van der Waals surface area contributed by atoms with Crippen molar-refractivity contribution in [3.05, 3.63) is 107 Å². The molecule has 3 aromatic rings. The van der Waals surface area contributed by atoms with Crippen LogP contribution in [-0.4, -0.2) is 26.2 Å². The van der Waals surface area contributed by atoms with Crippen molar-refractivity contribution >= 4 is 23.1 Å². The van der Waals surface area contributed by atoms with Gasteiger partial charge in [0.15, 0.2) is 0 Å². The number of carbonyl (C=O) groups excluding carboxylic acids is 2. The summed E-state index contributed by atoms with van der Waals surface area (Å²) >= 11 is 0. The molecule has 0 amide bonds. The molecule has 0 saturated carbocycles. The van der Waals surface area contributed by atoms with Gasteiger partial charge in [0.05, 0.1) is 19.8 Å². The van der Waals surface area contributed by atoms with Crippen LogP contribution in [0.25, 0.3) is 11.1 Å². The molecule has 4 nitrogen and oxygen atoms in total. The Morgan fingerprint density at radius 1 is 0.655 bits per heavy atom. The highest BCUT2D eigenvalue weighted by molar-refractivity contribution is 6.32. The van der Waals surface area contributed by atoms with Crippen LogP contribution in [0.1, 0.15) is 27.0 Å². The first-order valence-electron chi connectivity index (χ1n) is 9.28. The van der Waals surface area contributed by atoms with E-state index in [1.54, 1.807) is 12.1 Å². The van der Waals surface area contributed by atoms with Gasteiger partial charge in [-0.15, -0.1) is 0 Å². The first-order chi connectivity index (χ1) is 14.1. The van der Waals surface area contributed by atoms with Gasteiger partial charge in [0.1, 0.15) is 5.41 Å². The smallest absolute Gasteiger partial charge is 0.337 e. The van der Waals surface area contributed by atoms with E-state index in [4.69, 9.17) is 9.47 Å². The third-order valence-corrected chi connectivity index (χ3v) is 5.29. The highest BCUT2D eigenvalue weighted by Gasteiger charge is 2.62. The number of hydrogen-bond acceptors (Lipinski definition) is 4. The van der Waals surface area contributed by atoms with E-state index >= 15 is 0 Å². The minimum atomic E-state index is -0.968. The lowest BCUT2D eigenvalue weighted by molar-refractivity contribution is -0.142. The van der Waals surface area contributed by atoms with Crippen molar-refractivity contribution in [3.8, 4) is 0 Å². The topological polar surface area (TPSA) is 52.6 Å². The minimum Gasteiger partial charge on any atom is -0.468 e. The van der Waals surface area contributed by atoms with Crippen molar-refractivity contribution in [1.29, 1.82) is 0 Å².